The smallest absolute Gasteiger partial charge is 0.0208 e. The van der Waals surface area contributed by atoms with Crippen LogP contribution >= 0.6 is 0 Å². The highest BCUT2D eigenvalue weighted by atomic mass is 14.8. The van der Waals surface area contributed by atoms with Gasteiger partial charge in [0.1, 0.15) is 0 Å². The van der Waals surface area contributed by atoms with Gasteiger partial charge in [-0.1, -0.05) is 67.9 Å². The van der Waals surface area contributed by atoms with Crippen molar-refractivity contribution in [1.29, 1.82) is 0 Å². The minimum atomic E-state index is 0.722. The third-order valence-corrected chi connectivity index (χ3v) is 3.41. The van der Waals surface area contributed by atoms with Crippen LogP contribution in [0.25, 0.3) is 0 Å². The molecule has 0 unspecified atom stereocenters. The minimum Gasteiger partial charge on any atom is -0.309 e. The first-order valence-electron chi connectivity index (χ1n) is 7.47. The molecule has 2 aromatic carbocycles. The summed E-state index contributed by atoms with van der Waals surface area (Å²) in [7, 11) is 0. The van der Waals surface area contributed by atoms with Gasteiger partial charge in [0.15, 0.2) is 0 Å². The van der Waals surface area contributed by atoms with Gasteiger partial charge in [0.05, 0.1) is 0 Å². The Morgan fingerprint density at radius 2 is 1.50 bits per heavy atom. The van der Waals surface area contributed by atoms with E-state index >= 15 is 0 Å². The van der Waals surface area contributed by atoms with Crippen molar-refractivity contribution in [2.45, 2.75) is 40.3 Å². The summed E-state index contributed by atoms with van der Waals surface area (Å²) in [5.41, 5.74) is 5.45. The van der Waals surface area contributed by atoms with Crippen LogP contribution in [0, 0.1) is 12.8 Å². The third kappa shape index (κ3) is 4.82. The molecule has 0 saturated carbocycles. The number of hydrogen-bond donors (Lipinski definition) is 1. The zero-order valence-electron chi connectivity index (χ0n) is 12.8. The highest BCUT2D eigenvalue weighted by molar-refractivity contribution is 5.24. The van der Waals surface area contributed by atoms with Gasteiger partial charge in [0.2, 0.25) is 0 Å². The predicted octanol–water partition coefficient (Wildman–Crippen LogP) is 4.48. The van der Waals surface area contributed by atoms with E-state index in [1.807, 2.05) is 0 Å². The van der Waals surface area contributed by atoms with Crippen LogP contribution in [0.5, 0.6) is 0 Å². The molecule has 1 nitrogen and oxygen atoms in total. The first-order chi connectivity index (χ1) is 9.63. The Labute approximate surface area is 123 Å². The maximum Gasteiger partial charge on any atom is 0.0208 e. The number of rotatable bonds is 6. The first kappa shape index (κ1) is 14.8. The molecule has 0 heterocycles. The second-order valence-electron chi connectivity index (χ2n) is 6.01. The molecule has 0 bridgehead atoms. The van der Waals surface area contributed by atoms with Gasteiger partial charge in [0, 0.05) is 13.1 Å². The highest BCUT2D eigenvalue weighted by Gasteiger charge is 1.99. The summed E-state index contributed by atoms with van der Waals surface area (Å²) in [5.74, 6) is 0.722. The van der Waals surface area contributed by atoms with Crippen molar-refractivity contribution < 1.29 is 0 Å². The molecule has 1 heteroatoms. The first-order valence-corrected chi connectivity index (χ1v) is 7.47. The summed E-state index contributed by atoms with van der Waals surface area (Å²) in [6, 6.07) is 17.6. The van der Waals surface area contributed by atoms with E-state index in [1.165, 1.54) is 22.3 Å². The van der Waals surface area contributed by atoms with E-state index in [-0.39, 0.29) is 0 Å². The lowest BCUT2D eigenvalue weighted by Crippen LogP contribution is -2.12. The van der Waals surface area contributed by atoms with Crippen molar-refractivity contribution in [3.05, 3.63) is 70.8 Å². The molecule has 20 heavy (non-hydrogen) atoms. The van der Waals surface area contributed by atoms with Crippen LogP contribution < -0.4 is 5.32 Å². The van der Waals surface area contributed by atoms with Crippen molar-refractivity contribution in [1.82, 2.24) is 5.32 Å². The molecule has 0 spiro atoms. The monoisotopic (exact) mass is 267 g/mol. The summed E-state index contributed by atoms with van der Waals surface area (Å²) in [4.78, 5) is 0. The molecule has 1 N–H and O–H groups in total. The summed E-state index contributed by atoms with van der Waals surface area (Å²) in [6.45, 7) is 8.51. The zero-order chi connectivity index (χ0) is 14.4. The zero-order valence-corrected chi connectivity index (χ0v) is 12.8. The summed E-state index contributed by atoms with van der Waals surface area (Å²) in [5, 5.41) is 3.51. The predicted molar refractivity (Wildman–Crippen MR) is 86.7 cm³/mol. The van der Waals surface area contributed by atoms with Crippen LogP contribution in [0.4, 0.5) is 0 Å². The normalized spacial score (nSPS) is 11.0. The van der Waals surface area contributed by atoms with Crippen LogP contribution in [0.1, 0.15) is 36.1 Å². The fourth-order valence-corrected chi connectivity index (χ4v) is 2.44. The summed E-state index contributed by atoms with van der Waals surface area (Å²) in [6.07, 6.45) is 1.16. The molecular formula is C19H25N. The fourth-order valence-electron chi connectivity index (χ4n) is 2.44. The van der Waals surface area contributed by atoms with E-state index in [0.29, 0.717) is 0 Å². The summed E-state index contributed by atoms with van der Waals surface area (Å²) >= 11 is 0. The fraction of sp³-hybridized carbons (Fsp3) is 0.368. The Morgan fingerprint density at radius 1 is 0.850 bits per heavy atom. The van der Waals surface area contributed by atoms with Crippen molar-refractivity contribution in [3.63, 3.8) is 0 Å². The van der Waals surface area contributed by atoms with Crippen molar-refractivity contribution in [2.75, 3.05) is 0 Å². The molecular weight excluding hydrogens is 242 g/mol. The standard InChI is InChI=1S/C19H25N/c1-15(2)11-17-7-9-18(10-8-17)13-20-14-19-6-4-5-16(3)12-19/h4-10,12,15,20H,11,13-14H2,1-3H3. The SMILES string of the molecule is Cc1cccc(CNCc2ccc(CC(C)C)cc2)c1. The van der Waals surface area contributed by atoms with Gasteiger partial charge in [-0.2, -0.15) is 0 Å². The van der Waals surface area contributed by atoms with Crippen LogP contribution in [-0.2, 0) is 19.5 Å². The van der Waals surface area contributed by atoms with Crippen molar-refractivity contribution in [3.8, 4) is 0 Å². The number of nitrogens with one attached hydrogen (secondary N) is 1. The maximum atomic E-state index is 3.51. The molecule has 0 aromatic heterocycles. The summed E-state index contributed by atoms with van der Waals surface area (Å²) < 4.78 is 0. The van der Waals surface area contributed by atoms with Gasteiger partial charge in [0.25, 0.3) is 0 Å². The molecule has 0 aliphatic carbocycles. The van der Waals surface area contributed by atoms with E-state index in [1.54, 1.807) is 0 Å². The number of benzene rings is 2. The van der Waals surface area contributed by atoms with Gasteiger partial charge < -0.3 is 5.32 Å². The van der Waals surface area contributed by atoms with Crippen LogP contribution in [-0.4, -0.2) is 0 Å². The van der Waals surface area contributed by atoms with Crippen molar-refractivity contribution >= 4 is 0 Å². The van der Waals surface area contributed by atoms with E-state index < -0.39 is 0 Å². The van der Waals surface area contributed by atoms with E-state index in [2.05, 4.69) is 74.6 Å². The molecule has 0 atom stereocenters. The van der Waals surface area contributed by atoms with Crippen LogP contribution in [0.2, 0.25) is 0 Å². The van der Waals surface area contributed by atoms with E-state index in [0.717, 1.165) is 25.4 Å². The Balaban J connectivity index is 1.82. The molecule has 0 fully saturated rings. The Hall–Kier alpha value is -1.60. The molecule has 2 rings (SSSR count). The second kappa shape index (κ2) is 7.25. The van der Waals surface area contributed by atoms with Gasteiger partial charge in [-0.3, -0.25) is 0 Å². The average Bonchev–Trinajstić information content (AvgIpc) is 2.40. The highest BCUT2D eigenvalue weighted by Crippen LogP contribution is 2.10. The molecule has 106 valence electrons. The lowest BCUT2D eigenvalue weighted by molar-refractivity contribution is 0.646. The van der Waals surface area contributed by atoms with Gasteiger partial charge in [-0.25, -0.2) is 0 Å². The average molecular weight is 267 g/mol. The van der Waals surface area contributed by atoms with Crippen LogP contribution in [0.15, 0.2) is 48.5 Å². The largest absolute Gasteiger partial charge is 0.309 e. The van der Waals surface area contributed by atoms with Gasteiger partial charge in [-0.05, 0) is 36.0 Å². The molecule has 0 aliphatic rings. The van der Waals surface area contributed by atoms with E-state index in [4.69, 9.17) is 0 Å². The third-order valence-electron chi connectivity index (χ3n) is 3.41. The van der Waals surface area contributed by atoms with Gasteiger partial charge >= 0.3 is 0 Å². The van der Waals surface area contributed by atoms with Crippen LogP contribution in [0.3, 0.4) is 0 Å². The molecule has 0 amide bonds. The van der Waals surface area contributed by atoms with Gasteiger partial charge in [-0.15, -0.1) is 0 Å². The Bertz CT molecular complexity index is 526. The minimum absolute atomic E-state index is 0.722. The lowest BCUT2D eigenvalue weighted by atomic mass is 10.0. The Morgan fingerprint density at radius 3 is 2.15 bits per heavy atom. The molecule has 0 aliphatic heterocycles. The second-order valence-corrected chi connectivity index (χ2v) is 6.01. The Kier molecular flexibility index (Phi) is 5.37. The topological polar surface area (TPSA) is 12.0 Å². The lowest BCUT2D eigenvalue weighted by Gasteiger charge is -2.08. The number of hydrogen-bond acceptors (Lipinski definition) is 1. The molecule has 0 saturated heterocycles. The number of aryl methyl sites for hydroxylation is 1. The quantitative estimate of drug-likeness (QED) is 0.813. The molecule has 2 aromatic rings. The maximum absolute atomic E-state index is 3.51. The molecule has 0 radical (unpaired) electrons. The van der Waals surface area contributed by atoms with Crippen molar-refractivity contribution in [2.24, 2.45) is 5.92 Å². The van der Waals surface area contributed by atoms with E-state index in [9.17, 15) is 0 Å².